The Morgan fingerprint density at radius 3 is 1.93 bits per heavy atom. The molecular weight excluding hydrogens is 520 g/mol. The van der Waals surface area contributed by atoms with Crippen LogP contribution in [-0.2, 0) is 9.53 Å². The summed E-state index contributed by atoms with van der Waals surface area (Å²) in [4.78, 5) is 74.8. The molecule has 204 valence electrons. The van der Waals surface area contributed by atoms with Crippen LogP contribution in [0.2, 0.25) is 0 Å². The van der Waals surface area contributed by atoms with E-state index in [9.17, 15) is 34.1 Å². The maximum absolute atomic E-state index is 13.0. The van der Waals surface area contributed by atoms with Gasteiger partial charge in [-0.05, 0) is 60.9 Å². The number of nitro benzene ring substituents is 1. The normalized spacial score (nSPS) is 13.1. The molecular formula is C29H24N2O9. The second-order valence-electron chi connectivity index (χ2n) is 9.42. The SMILES string of the molecule is CC(C)CC(C(=O)OCC(=O)c1ccc(OC(=O)c2ccc([N+](=O)[O-])cc2)cc1)N1C(=O)c2ccccc2C1=O. The first kappa shape index (κ1) is 27.8. The van der Waals surface area contributed by atoms with Crippen molar-refractivity contribution in [3.63, 3.8) is 0 Å². The van der Waals surface area contributed by atoms with Gasteiger partial charge in [0.15, 0.2) is 12.4 Å². The zero-order valence-electron chi connectivity index (χ0n) is 21.6. The lowest BCUT2D eigenvalue weighted by Gasteiger charge is -2.25. The number of hydrogen-bond donors (Lipinski definition) is 0. The number of Topliss-reactive ketones (excluding diaryl/α,β-unsaturated/α-hetero) is 1. The number of ether oxygens (including phenoxy) is 2. The summed E-state index contributed by atoms with van der Waals surface area (Å²) in [6.45, 7) is 3.04. The molecule has 0 aliphatic carbocycles. The Balaban J connectivity index is 1.37. The Hall–Kier alpha value is -5.19. The van der Waals surface area contributed by atoms with E-state index in [1.807, 2.05) is 13.8 Å². The van der Waals surface area contributed by atoms with E-state index in [4.69, 9.17) is 9.47 Å². The molecule has 0 saturated carbocycles. The molecule has 1 aliphatic rings. The summed E-state index contributed by atoms with van der Waals surface area (Å²) >= 11 is 0. The lowest BCUT2D eigenvalue weighted by molar-refractivity contribution is -0.384. The number of hydrogen-bond acceptors (Lipinski definition) is 9. The van der Waals surface area contributed by atoms with Gasteiger partial charge in [0.2, 0.25) is 0 Å². The maximum atomic E-state index is 13.0. The highest BCUT2D eigenvalue weighted by Crippen LogP contribution is 2.27. The summed E-state index contributed by atoms with van der Waals surface area (Å²) < 4.78 is 10.5. The van der Waals surface area contributed by atoms with Gasteiger partial charge >= 0.3 is 11.9 Å². The van der Waals surface area contributed by atoms with Crippen LogP contribution in [0.25, 0.3) is 0 Å². The van der Waals surface area contributed by atoms with Crippen LogP contribution in [0, 0.1) is 16.0 Å². The van der Waals surface area contributed by atoms with E-state index >= 15 is 0 Å². The highest BCUT2D eigenvalue weighted by molar-refractivity contribution is 6.22. The molecule has 11 nitrogen and oxygen atoms in total. The first-order chi connectivity index (χ1) is 19.1. The van der Waals surface area contributed by atoms with Crippen LogP contribution in [0.5, 0.6) is 5.75 Å². The average molecular weight is 545 g/mol. The van der Waals surface area contributed by atoms with Gasteiger partial charge in [0.05, 0.1) is 21.6 Å². The predicted octanol–water partition coefficient (Wildman–Crippen LogP) is 4.25. The molecule has 0 bridgehead atoms. The summed E-state index contributed by atoms with van der Waals surface area (Å²) in [5, 5.41) is 10.8. The Bertz CT molecular complexity index is 1460. The molecule has 1 atom stereocenters. The van der Waals surface area contributed by atoms with E-state index in [1.54, 1.807) is 12.1 Å². The van der Waals surface area contributed by atoms with Gasteiger partial charge < -0.3 is 9.47 Å². The predicted molar refractivity (Wildman–Crippen MR) is 140 cm³/mol. The van der Waals surface area contributed by atoms with Crippen molar-refractivity contribution in [2.75, 3.05) is 6.61 Å². The third-order valence-corrected chi connectivity index (χ3v) is 6.15. The topological polar surface area (TPSA) is 150 Å². The molecule has 1 heterocycles. The number of benzene rings is 3. The van der Waals surface area contributed by atoms with Gasteiger partial charge in [-0.2, -0.15) is 0 Å². The van der Waals surface area contributed by atoms with Crippen LogP contribution < -0.4 is 4.74 Å². The van der Waals surface area contributed by atoms with Crippen LogP contribution in [0.15, 0.2) is 72.8 Å². The van der Waals surface area contributed by atoms with Crippen molar-refractivity contribution in [2.24, 2.45) is 5.92 Å². The number of carbonyl (C=O) groups excluding carboxylic acids is 5. The van der Waals surface area contributed by atoms with Crippen LogP contribution in [0.4, 0.5) is 5.69 Å². The molecule has 2 amide bonds. The van der Waals surface area contributed by atoms with Gasteiger partial charge in [-0.1, -0.05) is 26.0 Å². The second-order valence-corrected chi connectivity index (χ2v) is 9.42. The summed E-state index contributed by atoms with van der Waals surface area (Å²) in [5.74, 6) is -3.27. The summed E-state index contributed by atoms with van der Waals surface area (Å²) in [6, 6.07) is 15.5. The molecule has 4 rings (SSSR count). The second kappa shape index (κ2) is 11.7. The summed E-state index contributed by atoms with van der Waals surface area (Å²) in [5.41, 5.74) is 0.522. The van der Waals surface area contributed by atoms with Gasteiger partial charge in [-0.15, -0.1) is 0 Å². The van der Waals surface area contributed by atoms with Crippen molar-refractivity contribution in [1.29, 1.82) is 0 Å². The average Bonchev–Trinajstić information content (AvgIpc) is 3.20. The van der Waals surface area contributed by atoms with Crippen molar-refractivity contribution in [3.05, 3.63) is 105 Å². The quantitative estimate of drug-likeness (QED) is 0.0911. The molecule has 11 heteroatoms. The van der Waals surface area contributed by atoms with E-state index in [1.165, 1.54) is 60.7 Å². The number of imide groups is 1. The number of amides is 2. The first-order valence-electron chi connectivity index (χ1n) is 12.3. The summed E-state index contributed by atoms with van der Waals surface area (Å²) in [7, 11) is 0. The van der Waals surface area contributed by atoms with E-state index in [0.29, 0.717) is 0 Å². The van der Waals surface area contributed by atoms with Crippen molar-refractivity contribution < 1.29 is 38.4 Å². The van der Waals surface area contributed by atoms with Crippen molar-refractivity contribution in [3.8, 4) is 5.75 Å². The highest BCUT2D eigenvalue weighted by atomic mass is 16.6. The lowest BCUT2D eigenvalue weighted by Crippen LogP contribution is -2.46. The number of ketones is 1. The molecule has 0 fully saturated rings. The third-order valence-electron chi connectivity index (χ3n) is 6.15. The van der Waals surface area contributed by atoms with Gasteiger partial charge in [0.25, 0.3) is 17.5 Å². The number of nitro groups is 1. The fraction of sp³-hybridized carbons (Fsp3) is 0.207. The minimum atomic E-state index is -1.19. The minimum Gasteiger partial charge on any atom is -0.456 e. The zero-order chi connectivity index (χ0) is 29.0. The number of nitrogens with zero attached hydrogens (tertiary/aromatic N) is 2. The smallest absolute Gasteiger partial charge is 0.343 e. The van der Waals surface area contributed by atoms with E-state index in [2.05, 4.69) is 0 Å². The Morgan fingerprint density at radius 1 is 0.850 bits per heavy atom. The molecule has 0 spiro atoms. The minimum absolute atomic E-state index is 0.0566. The number of esters is 2. The van der Waals surface area contributed by atoms with Crippen LogP contribution in [-0.4, -0.2) is 52.0 Å². The highest BCUT2D eigenvalue weighted by Gasteiger charge is 2.43. The molecule has 0 aromatic heterocycles. The van der Waals surface area contributed by atoms with Gasteiger partial charge in [-0.3, -0.25) is 29.4 Å². The Kier molecular flexibility index (Phi) is 8.13. The molecule has 3 aromatic rings. The molecule has 0 radical (unpaired) electrons. The van der Waals surface area contributed by atoms with E-state index in [0.717, 1.165) is 4.90 Å². The maximum Gasteiger partial charge on any atom is 0.343 e. The van der Waals surface area contributed by atoms with Crippen molar-refractivity contribution >= 4 is 35.2 Å². The van der Waals surface area contributed by atoms with E-state index in [-0.39, 0.29) is 46.0 Å². The van der Waals surface area contributed by atoms with Gasteiger partial charge in [-0.25, -0.2) is 9.59 Å². The van der Waals surface area contributed by atoms with Crippen molar-refractivity contribution in [1.82, 2.24) is 4.90 Å². The van der Waals surface area contributed by atoms with Gasteiger partial charge in [0, 0.05) is 17.7 Å². The largest absolute Gasteiger partial charge is 0.456 e. The first-order valence-corrected chi connectivity index (χ1v) is 12.3. The Morgan fingerprint density at radius 2 is 1.40 bits per heavy atom. The molecule has 0 N–H and O–H groups in total. The van der Waals surface area contributed by atoms with E-state index < -0.39 is 47.1 Å². The summed E-state index contributed by atoms with van der Waals surface area (Å²) in [6.07, 6.45) is 0.160. The van der Waals surface area contributed by atoms with Crippen LogP contribution >= 0.6 is 0 Å². The molecule has 1 unspecified atom stereocenters. The lowest BCUT2D eigenvalue weighted by atomic mass is 10.0. The number of rotatable bonds is 10. The molecule has 40 heavy (non-hydrogen) atoms. The fourth-order valence-corrected chi connectivity index (χ4v) is 4.15. The zero-order valence-corrected chi connectivity index (χ0v) is 21.6. The van der Waals surface area contributed by atoms with Crippen LogP contribution in [0.1, 0.15) is 61.7 Å². The fourth-order valence-electron chi connectivity index (χ4n) is 4.15. The molecule has 0 saturated heterocycles. The number of non-ortho nitro benzene ring substituents is 1. The van der Waals surface area contributed by atoms with Crippen molar-refractivity contribution in [2.45, 2.75) is 26.3 Å². The molecule has 1 aliphatic heterocycles. The monoisotopic (exact) mass is 544 g/mol. The number of carbonyl (C=O) groups is 5. The van der Waals surface area contributed by atoms with Crippen LogP contribution in [0.3, 0.4) is 0 Å². The third kappa shape index (κ3) is 5.93. The Labute approximate surface area is 228 Å². The molecule has 3 aromatic carbocycles. The van der Waals surface area contributed by atoms with Gasteiger partial charge in [0.1, 0.15) is 11.8 Å². The standard InChI is InChI=1S/C29H24N2O9/c1-17(2)15-24(30-26(33)22-5-3-4-6-23(22)27(30)34)29(36)39-16-25(32)18-9-13-21(14-10-18)40-28(35)19-7-11-20(12-8-19)31(37)38/h3-14,17,24H,15-16H2,1-2H3. The number of fused-ring (bicyclic) bond motifs is 1.